The van der Waals surface area contributed by atoms with Crippen LogP contribution in [-0.4, -0.2) is 34.9 Å². The van der Waals surface area contributed by atoms with E-state index in [1.807, 2.05) is 20.8 Å². The molecule has 0 bridgehead atoms. The highest BCUT2D eigenvalue weighted by Crippen LogP contribution is 2.16. The van der Waals surface area contributed by atoms with E-state index in [-0.39, 0.29) is 12.0 Å². The standard InChI is InChI=1S/C12H22N4O2/c1-5-9-10(13)11(16(4)15-9)12(17)14-6-7-18-8(2)3/h8H,5-7,13H2,1-4H3,(H,14,17). The highest BCUT2D eigenvalue weighted by Gasteiger charge is 2.18. The quantitative estimate of drug-likeness (QED) is 0.733. The summed E-state index contributed by atoms with van der Waals surface area (Å²) in [6.45, 7) is 6.81. The van der Waals surface area contributed by atoms with Gasteiger partial charge < -0.3 is 15.8 Å². The molecule has 0 atom stereocenters. The Morgan fingerprint density at radius 1 is 1.56 bits per heavy atom. The Hall–Kier alpha value is -1.56. The number of carbonyl (C=O) groups is 1. The van der Waals surface area contributed by atoms with Crippen molar-refractivity contribution >= 4 is 11.6 Å². The lowest BCUT2D eigenvalue weighted by atomic mass is 10.2. The molecule has 0 radical (unpaired) electrons. The minimum absolute atomic E-state index is 0.162. The number of ether oxygens (including phenoxy) is 1. The molecule has 0 fully saturated rings. The maximum absolute atomic E-state index is 12.0. The zero-order chi connectivity index (χ0) is 13.7. The average Bonchev–Trinajstić information content (AvgIpc) is 2.59. The van der Waals surface area contributed by atoms with Gasteiger partial charge in [-0.15, -0.1) is 0 Å². The van der Waals surface area contributed by atoms with Crippen LogP contribution in [0.15, 0.2) is 0 Å². The number of aromatic nitrogens is 2. The molecule has 1 aromatic rings. The van der Waals surface area contributed by atoms with E-state index in [2.05, 4.69) is 10.4 Å². The van der Waals surface area contributed by atoms with E-state index < -0.39 is 0 Å². The molecule has 6 nitrogen and oxygen atoms in total. The van der Waals surface area contributed by atoms with E-state index in [4.69, 9.17) is 10.5 Å². The SMILES string of the molecule is CCc1nn(C)c(C(=O)NCCOC(C)C)c1N. The lowest BCUT2D eigenvalue weighted by molar-refractivity contribution is 0.0743. The summed E-state index contributed by atoms with van der Waals surface area (Å²) < 4.78 is 6.87. The van der Waals surface area contributed by atoms with Gasteiger partial charge in [-0.05, 0) is 20.3 Å². The molecule has 6 heteroatoms. The molecule has 0 saturated heterocycles. The van der Waals surface area contributed by atoms with Crippen LogP contribution < -0.4 is 11.1 Å². The molecule has 1 rings (SSSR count). The molecule has 18 heavy (non-hydrogen) atoms. The third-order valence-corrected chi connectivity index (χ3v) is 2.55. The number of hydrogen-bond acceptors (Lipinski definition) is 4. The molecule has 0 unspecified atom stereocenters. The van der Waals surface area contributed by atoms with Gasteiger partial charge in [-0.1, -0.05) is 6.92 Å². The third-order valence-electron chi connectivity index (χ3n) is 2.55. The zero-order valence-corrected chi connectivity index (χ0v) is 11.5. The molecule has 0 aliphatic carbocycles. The van der Waals surface area contributed by atoms with Gasteiger partial charge >= 0.3 is 0 Å². The Kier molecular flexibility index (Phi) is 5.15. The predicted octanol–water partition coefficient (Wildman–Crippen LogP) is 0.719. The number of carbonyl (C=O) groups excluding carboxylic acids is 1. The Bertz CT molecular complexity index is 412. The molecule has 0 spiro atoms. The fourth-order valence-electron chi connectivity index (χ4n) is 1.67. The minimum Gasteiger partial charge on any atom is -0.395 e. The summed E-state index contributed by atoms with van der Waals surface area (Å²) in [5.74, 6) is -0.213. The van der Waals surface area contributed by atoms with Crippen LogP contribution in [0, 0.1) is 0 Å². The van der Waals surface area contributed by atoms with Crippen LogP contribution in [0.1, 0.15) is 37.0 Å². The van der Waals surface area contributed by atoms with Gasteiger partial charge in [0.05, 0.1) is 24.1 Å². The number of aryl methyl sites for hydroxylation is 2. The third kappa shape index (κ3) is 3.46. The van der Waals surface area contributed by atoms with Gasteiger partial charge in [-0.3, -0.25) is 9.48 Å². The minimum atomic E-state index is -0.213. The normalized spacial score (nSPS) is 10.9. The monoisotopic (exact) mass is 254 g/mol. The summed E-state index contributed by atoms with van der Waals surface area (Å²) in [5, 5.41) is 6.97. The van der Waals surface area contributed by atoms with Crippen molar-refractivity contribution in [3.05, 3.63) is 11.4 Å². The number of anilines is 1. The van der Waals surface area contributed by atoms with Gasteiger partial charge in [0.2, 0.25) is 0 Å². The van der Waals surface area contributed by atoms with Gasteiger partial charge in [0.15, 0.2) is 0 Å². The molecule has 102 valence electrons. The van der Waals surface area contributed by atoms with E-state index in [0.717, 1.165) is 5.69 Å². The zero-order valence-electron chi connectivity index (χ0n) is 11.5. The Balaban J connectivity index is 2.59. The van der Waals surface area contributed by atoms with E-state index in [1.54, 1.807) is 7.05 Å². The first-order valence-electron chi connectivity index (χ1n) is 6.18. The molecular weight excluding hydrogens is 232 g/mol. The lowest BCUT2D eigenvalue weighted by Gasteiger charge is -2.09. The van der Waals surface area contributed by atoms with E-state index in [9.17, 15) is 4.79 Å². The molecule has 0 saturated carbocycles. The largest absolute Gasteiger partial charge is 0.395 e. The summed E-state index contributed by atoms with van der Waals surface area (Å²) in [4.78, 5) is 12.0. The van der Waals surface area contributed by atoms with Crippen molar-refractivity contribution in [3.63, 3.8) is 0 Å². The second kappa shape index (κ2) is 6.39. The number of nitrogens with two attached hydrogens (primary N) is 1. The first-order valence-corrected chi connectivity index (χ1v) is 6.18. The second-order valence-electron chi connectivity index (χ2n) is 4.36. The maximum Gasteiger partial charge on any atom is 0.271 e. The van der Waals surface area contributed by atoms with Crippen molar-refractivity contribution in [2.75, 3.05) is 18.9 Å². The lowest BCUT2D eigenvalue weighted by Crippen LogP contribution is -2.30. The van der Waals surface area contributed by atoms with Crippen molar-refractivity contribution in [2.24, 2.45) is 7.05 Å². The number of nitrogen functional groups attached to an aromatic ring is 1. The molecule has 0 aliphatic heterocycles. The summed E-state index contributed by atoms with van der Waals surface area (Å²) in [5.41, 5.74) is 7.52. The molecule has 1 amide bonds. The first kappa shape index (κ1) is 14.5. The van der Waals surface area contributed by atoms with Crippen LogP contribution in [0.3, 0.4) is 0 Å². The van der Waals surface area contributed by atoms with Gasteiger partial charge in [-0.2, -0.15) is 5.10 Å². The van der Waals surface area contributed by atoms with E-state index in [1.165, 1.54) is 4.68 Å². The highest BCUT2D eigenvalue weighted by molar-refractivity contribution is 5.97. The number of amides is 1. The van der Waals surface area contributed by atoms with Crippen molar-refractivity contribution < 1.29 is 9.53 Å². The van der Waals surface area contributed by atoms with Crippen molar-refractivity contribution in [1.29, 1.82) is 0 Å². The summed E-state index contributed by atoms with van der Waals surface area (Å²) in [6.07, 6.45) is 0.874. The number of nitrogens with zero attached hydrogens (tertiary/aromatic N) is 2. The van der Waals surface area contributed by atoms with Gasteiger partial charge in [0, 0.05) is 13.6 Å². The number of rotatable bonds is 6. The fraction of sp³-hybridized carbons (Fsp3) is 0.667. The summed E-state index contributed by atoms with van der Waals surface area (Å²) in [6, 6.07) is 0. The first-order chi connectivity index (χ1) is 8.47. The van der Waals surface area contributed by atoms with Crippen LogP contribution in [-0.2, 0) is 18.2 Å². The Labute approximate surface area is 107 Å². The van der Waals surface area contributed by atoms with Gasteiger partial charge in [0.1, 0.15) is 5.69 Å². The number of nitrogens with one attached hydrogen (secondary N) is 1. The van der Waals surface area contributed by atoms with Crippen LogP contribution in [0.2, 0.25) is 0 Å². The van der Waals surface area contributed by atoms with Crippen molar-refractivity contribution in [2.45, 2.75) is 33.3 Å². The molecule has 1 heterocycles. The highest BCUT2D eigenvalue weighted by atomic mass is 16.5. The van der Waals surface area contributed by atoms with Crippen LogP contribution in [0.25, 0.3) is 0 Å². The molecular formula is C12H22N4O2. The molecule has 0 aromatic carbocycles. The molecule has 1 aromatic heterocycles. The Morgan fingerprint density at radius 3 is 2.72 bits per heavy atom. The van der Waals surface area contributed by atoms with Crippen LogP contribution in [0.5, 0.6) is 0 Å². The van der Waals surface area contributed by atoms with Crippen molar-refractivity contribution in [1.82, 2.24) is 15.1 Å². The molecule has 3 N–H and O–H groups in total. The summed E-state index contributed by atoms with van der Waals surface area (Å²) in [7, 11) is 1.72. The molecule has 0 aliphatic rings. The maximum atomic E-state index is 12.0. The van der Waals surface area contributed by atoms with Gasteiger partial charge in [-0.25, -0.2) is 0 Å². The van der Waals surface area contributed by atoms with Crippen molar-refractivity contribution in [3.8, 4) is 0 Å². The fourth-order valence-corrected chi connectivity index (χ4v) is 1.67. The summed E-state index contributed by atoms with van der Waals surface area (Å²) >= 11 is 0. The topological polar surface area (TPSA) is 82.2 Å². The average molecular weight is 254 g/mol. The smallest absolute Gasteiger partial charge is 0.271 e. The number of hydrogen-bond donors (Lipinski definition) is 2. The van der Waals surface area contributed by atoms with E-state index >= 15 is 0 Å². The van der Waals surface area contributed by atoms with Gasteiger partial charge in [0.25, 0.3) is 5.91 Å². The second-order valence-corrected chi connectivity index (χ2v) is 4.36. The predicted molar refractivity (Wildman–Crippen MR) is 70.4 cm³/mol. The Morgan fingerprint density at radius 2 is 2.22 bits per heavy atom. The van der Waals surface area contributed by atoms with Crippen LogP contribution in [0.4, 0.5) is 5.69 Å². The van der Waals surface area contributed by atoms with Crippen LogP contribution >= 0.6 is 0 Å². The van der Waals surface area contributed by atoms with E-state index in [0.29, 0.717) is 31.0 Å².